The van der Waals surface area contributed by atoms with Crippen LogP contribution in [-0.2, 0) is 9.59 Å². The Balaban J connectivity index is 2.01. The highest BCUT2D eigenvalue weighted by atomic mass is 35.5. The van der Waals surface area contributed by atoms with Crippen molar-refractivity contribution in [2.75, 3.05) is 19.1 Å². The summed E-state index contributed by atoms with van der Waals surface area (Å²) in [5.41, 5.74) is 0.700. The van der Waals surface area contributed by atoms with Crippen molar-refractivity contribution in [2.24, 2.45) is 0 Å². The quantitative estimate of drug-likeness (QED) is 0.320. The molecule has 0 radical (unpaired) electrons. The number of ketones is 1. The van der Waals surface area contributed by atoms with Crippen molar-refractivity contribution >= 4 is 34.7 Å². The number of amides is 1. The summed E-state index contributed by atoms with van der Waals surface area (Å²) in [7, 11) is 2.91. The summed E-state index contributed by atoms with van der Waals surface area (Å²) in [6, 6.07) is 15.5. The predicted octanol–water partition coefficient (Wildman–Crippen LogP) is 5.12. The van der Waals surface area contributed by atoms with Crippen LogP contribution in [-0.4, -0.2) is 31.0 Å². The number of ether oxygens (including phenoxy) is 2. The van der Waals surface area contributed by atoms with Gasteiger partial charge >= 0.3 is 0 Å². The highest BCUT2D eigenvalue weighted by molar-refractivity contribution is 6.52. The lowest BCUT2D eigenvalue weighted by Gasteiger charge is -2.26. The fourth-order valence-electron chi connectivity index (χ4n) is 3.85. The highest BCUT2D eigenvalue weighted by Crippen LogP contribution is 2.45. The molecule has 0 spiro atoms. The Morgan fingerprint density at radius 1 is 1.00 bits per heavy atom. The molecule has 4 rings (SSSR count). The Morgan fingerprint density at radius 3 is 2.36 bits per heavy atom. The van der Waals surface area contributed by atoms with Gasteiger partial charge in [-0.3, -0.25) is 14.5 Å². The van der Waals surface area contributed by atoms with Crippen LogP contribution in [0.15, 0.2) is 72.3 Å². The fraction of sp³-hybridized carbons (Fsp3) is 0.120. The van der Waals surface area contributed by atoms with E-state index in [9.17, 15) is 19.1 Å². The topological polar surface area (TPSA) is 76.1 Å². The van der Waals surface area contributed by atoms with Crippen molar-refractivity contribution < 1.29 is 28.6 Å². The Morgan fingerprint density at radius 2 is 1.70 bits per heavy atom. The summed E-state index contributed by atoms with van der Waals surface area (Å²) >= 11 is 6.31. The molecule has 1 unspecified atom stereocenters. The number of halogens is 2. The van der Waals surface area contributed by atoms with Crippen LogP contribution in [0.1, 0.15) is 17.2 Å². The van der Waals surface area contributed by atoms with E-state index >= 15 is 0 Å². The van der Waals surface area contributed by atoms with Crippen LogP contribution in [0.4, 0.5) is 10.1 Å². The molecule has 0 aliphatic carbocycles. The number of rotatable bonds is 5. The van der Waals surface area contributed by atoms with Gasteiger partial charge in [-0.2, -0.15) is 0 Å². The zero-order valence-corrected chi connectivity index (χ0v) is 18.5. The van der Waals surface area contributed by atoms with Gasteiger partial charge in [-0.25, -0.2) is 4.39 Å². The first-order valence-corrected chi connectivity index (χ1v) is 10.3. The molecule has 168 valence electrons. The van der Waals surface area contributed by atoms with E-state index in [1.807, 2.05) is 0 Å². The van der Waals surface area contributed by atoms with E-state index in [4.69, 9.17) is 21.1 Å². The monoisotopic (exact) mass is 467 g/mol. The molecule has 1 fully saturated rings. The van der Waals surface area contributed by atoms with Gasteiger partial charge in [0.25, 0.3) is 11.7 Å². The summed E-state index contributed by atoms with van der Waals surface area (Å²) in [4.78, 5) is 27.6. The molecule has 0 saturated carbocycles. The number of Topliss-reactive ketones (excluding diaryl/α,β-unsaturated/α-hetero) is 1. The Bertz CT molecular complexity index is 1270. The van der Waals surface area contributed by atoms with Crippen LogP contribution >= 0.6 is 11.6 Å². The number of benzene rings is 3. The van der Waals surface area contributed by atoms with E-state index in [2.05, 4.69) is 0 Å². The van der Waals surface area contributed by atoms with Crippen molar-refractivity contribution in [3.8, 4) is 11.5 Å². The van der Waals surface area contributed by atoms with E-state index in [1.165, 1.54) is 55.5 Å². The smallest absolute Gasteiger partial charge is 0.300 e. The van der Waals surface area contributed by atoms with Gasteiger partial charge in [0.15, 0.2) is 0 Å². The third-order valence-corrected chi connectivity index (χ3v) is 5.74. The minimum Gasteiger partial charge on any atom is -0.507 e. The van der Waals surface area contributed by atoms with Crippen molar-refractivity contribution in [1.82, 2.24) is 0 Å². The molecule has 8 heteroatoms. The Kier molecular flexibility index (Phi) is 6.07. The second kappa shape index (κ2) is 8.96. The van der Waals surface area contributed by atoms with Gasteiger partial charge in [-0.1, -0.05) is 29.8 Å². The molecule has 1 heterocycles. The molecule has 1 aliphatic rings. The first kappa shape index (κ1) is 22.4. The van der Waals surface area contributed by atoms with E-state index < -0.39 is 29.3 Å². The van der Waals surface area contributed by atoms with Gasteiger partial charge in [0.2, 0.25) is 0 Å². The number of carbonyl (C=O) groups is 2. The first-order chi connectivity index (χ1) is 15.9. The minimum absolute atomic E-state index is 0.132. The lowest BCUT2D eigenvalue weighted by Crippen LogP contribution is -2.29. The molecule has 1 amide bonds. The number of para-hydroxylation sites is 1. The van der Waals surface area contributed by atoms with Gasteiger partial charge < -0.3 is 14.6 Å². The average Bonchev–Trinajstić information content (AvgIpc) is 3.09. The average molecular weight is 468 g/mol. The number of hydrogen-bond acceptors (Lipinski definition) is 5. The molecular formula is C25H19ClFNO5. The third-order valence-electron chi connectivity index (χ3n) is 5.41. The number of aliphatic hydroxyl groups is 1. The minimum atomic E-state index is -1.05. The summed E-state index contributed by atoms with van der Waals surface area (Å²) in [6.07, 6.45) is 0. The van der Waals surface area contributed by atoms with Crippen LogP contribution in [0.25, 0.3) is 5.76 Å². The van der Waals surface area contributed by atoms with Crippen molar-refractivity contribution in [3.63, 3.8) is 0 Å². The molecule has 6 nitrogen and oxygen atoms in total. The number of carbonyl (C=O) groups excluding carboxylic acids is 2. The maximum atomic E-state index is 13.6. The molecule has 33 heavy (non-hydrogen) atoms. The largest absolute Gasteiger partial charge is 0.507 e. The molecular weight excluding hydrogens is 449 g/mol. The molecule has 1 saturated heterocycles. The standard InChI is InChI=1S/C25H19ClFNO5/c1-32-16-11-12-19(26)18(13-16)23(29)21-22(17-5-3-4-6-20(17)33-2)28(25(31)24(21)30)15-9-7-14(27)8-10-15/h3-13,22,29H,1-2H3/b23-21+. The van der Waals surface area contributed by atoms with Crippen LogP contribution in [0.2, 0.25) is 5.02 Å². The normalized spacial score (nSPS) is 17.3. The van der Waals surface area contributed by atoms with Crippen molar-refractivity contribution in [3.05, 3.63) is 94.3 Å². The second-order valence-corrected chi connectivity index (χ2v) is 7.64. The SMILES string of the molecule is COc1ccc(Cl)c(/C(O)=C2\C(=O)C(=O)N(c3ccc(F)cc3)C2c2ccccc2OC)c1. The van der Waals surface area contributed by atoms with E-state index in [0.717, 1.165) is 0 Å². The summed E-state index contributed by atoms with van der Waals surface area (Å²) in [5.74, 6) is -1.93. The fourth-order valence-corrected chi connectivity index (χ4v) is 4.05. The zero-order valence-electron chi connectivity index (χ0n) is 17.7. The molecule has 1 N–H and O–H groups in total. The lowest BCUT2D eigenvalue weighted by atomic mass is 9.94. The van der Waals surface area contributed by atoms with Crippen LogP contribution in [0.3, 0.4) is 0 Å². The van der Waals surface area contributed by atoms with Gasteiger partial charge in [0.05, 0.1) is 30.9 Å². The highest BCUT2D eigenvalue weighted by Gasteiger charge is 2.48. The number of aliphatic hydroxyl groups excluding tert-OH is 1. The summed E-state index contributed by atoms with van der Waals surface area (Å²) in [6.45, 7) is 0. The maximum Gasteiger partial charge on any atom is 0.300 e. The molecule has 3 aromatic rings. The Labute approximate surface area is 194 Å². The number of hydrogen-bond donors (Lipinski definition) is 1. The lowest BCUT2D eigenvalue weighted by molar-refractivity contribution is -0.132. The molecule has 0 bridgehead atoms. The molecule has 1 atom stereocenters. The maximum absolute atomic E-state index is 13.6. The number of nitrogens with zero attached hydrogens (tertiary/aromatic N) is 1. The van der Waals surface area contributed by atoms with E-state index in [1.54, 1.807) is 30.3 Å². The van der Waals surface area contributed by atoms with E-state index in [0.29, 0.717) is 17.1 Å². The second-order valence-electron chi connectivity index (χ2n) is 7.23. The molecule has 1 aliphatic heterocycles. The van der Waals surface area contributed by atoms with Gasteiger partial charge in [0, 0.05) is 16.8 Å². The number of anilines is 1. The van der Waals surface area contributed by atoms with Gasteiger partial charge in [-0.05, 0) is 48.5 Å². The third kappa shape index (κ3) is 3.91. The molecule has 3 aromatic carbocycles. The van der Waals surface area contributed by atoms with Crippen LogP contribution < -0.4 is 14.4 Å². The van der Waals surface area contributed by atoms with Crippen molar-refractivity contribution in [2.45, 2.75) is 6.04 Å². The molecule has 0 aromatic heterocycles. The summed E-state index contributed by atoms with van der Waals surface area (Å²) in [5, 5.41) is 11.4. The Hall–Kier alpha value is -3.84. The number of methoxy groups -OCH3 is 2. The predicted molar refractivity (Wildman–Crippen MR) is 122 cm³/mol. The van der Waals surface area contributed by atoms with Crippen molar-refractivity contribution in [1.29, 1.82) is 0 Å². The van der Waals surface area contributed by atoms with E-state index in [-0.39, 0.29) is 21.8 Å². The van der Waals surface area contributed by atoms with Gasteiger partial charge in [-0.15, -0.1) is 0 Å². The van der Waals surface area contributed by atoms with Crippen LogP contribution in [0, 0.1) is 5.82 Å². The summed E-state index contributed by atoms with van der Waals surface area (Å²) < 4.78 is 24.2. The van der Waals surface area contributed by atoms with Gasteiger partial charge in [0.1, 0.15) is 23.1 Å². The van der Waals surface area contributed by atoms with Crippen LogP contribution in [0.5, 0.6) is 11.5 Å². The zero-order chi connectivity index (χ0) is 23.7. The first-order valence-electron chi connectivity index (χ1n) is 9.90.